The molecule has 1 aromatic heterocycles. The number of nitriles is 1. The van der Waals surface area contributed by atoms with Crippen LogP contribution in [0.25, 0.3) is 0 Å². The largest absolute Gasteiger partial charge is 0.319 e. The molecule has 1 amide bonds. The van der Waals surface area contributed by atoms with Gasteiger partial charge < -0.3 is 5.32 Å². The number of hydrogen-bond donors (Lipinski definition) is 1. The standard InChI is InChI=1S/C13H11BrN4O/c1-8-5-12(18(2)17-8)13(19)16-11-6-10(14)4-3-9(11)7-15/h3-6H,1-2H3,(H,16,19). The molecule has 0 aliphatic rings. The molecule has 0 aliphatic carbocycles. The van der Waals surface area contributed by atoms with Crippen molar-refractivity contribution in [2.75, 3.05) is 5.32 Å². The first-order valence-electron chi connectivity index (χ1n) is 5.53. The lowest BCUT2D eigenvalue weighted by molar-refractivity contribution is 0.101. The minimum absolute atomic E-state index is 0.294. The molecule has 1 N–H and O–H groups in total. The fourth-order valence-corrected chi connectivity index (χ4v) is 2.09. The van der Waals surface area contributed by atoms with Crippen LogP contribution in [0.4, 0.5) is 5.69 Å². The molecule has 5 nitrogen and oxygen atoms in total. The van der Waals surface area contributed by atoms with Gasteiger partial charge in [-0.3, -0.25) is 9.48 Å². The van der Waals surface area contributed by atoms with Gasteiger partial charge in [0.2, 0.25) is 0 Å². The number of halogens is 1. The van der Waals surface area contributed by atoms with Gasteiger partial charge in [0.1, 0.15) is 11.8 Å². The highest BCUT2D eigenvalue weighted by molar-refractivity contribution is 9.10. The quantitative estimate of drug-likeness (QED) is 0.925. The van der Waals surface area contributed by atoms with Crippen LogP contribution < -0.4 is 5.32 Å². The van der Waals surface area contributed by atoms with Crippen LogP contribution in [0.3, 0.4) is 0 Å². The van der Waals surface area contributed by atoms with E-state index < -0.39 is 0 Å². The van der Waals surface area contributed by atoms with Gasteiger partial charge in [-0.15, -0.1) is 0 Å². The minimum atomic E-state index is -0.294. The van der Waals surface area contributed by atoms with Gasteiger partial charge in [-0.1, -0.05) is 15.9 Å². The topological polar surface area (TPSA) is 70.7 Å². The van der Waals surface area contributed by atoms with Crippen LogP contribution in [0.1, 0.15) is 21.7 Å². The summed E-state index contributed by atoms with van der Waals surface area (Å²) in [5.41, 5.74) is 2.10. The van der Waals surface area contributed by atoms with E-state index in [0.29, 0.717) is 16.9 Å². The van der Waals surface area contributed by atoms with E-state index in [-0.39, 0.29) is 5.91 Å². The first-order chi connectivity index (χ1) is 9.01. The smallest absolute Gasteiger partial charge is 0.273 e. The van der Waals surface area contributed by atoms with Crippen molar-refractivity contribution in [3.63, 3.8) is 0 Å². The van der Waals surface area contributed by atoms with Gasteiger partial charge in [-0.05, 0) is 31.2 Å². The number of hydrogen-bond acceptors (Lipinski definition) is 3. The zero-order chi connectivity index (χ0) is 14.0. The molecule has 1 heterocycles. The fourth-order valence-electron chi connectivity index (χ4n) is 1.73. The van der Waals surface area contributed by atoms with Crippen molar-refractivity contribution in [2.45, 2.75) is 6.92 Å². The van der Waals surface area contributed by atoms with Crippen molar-refractivity contribution >= 4 is 27.5 Å². The Balaban J connectivity index is 2.32. The maximum absolute atomic E-state index is 12.1. The summed E-state index contributed by atoms with van der Waals surface area (Å²) in [6, 6.07) is 8.83. The number of carbonyl (C=O) groups excluding carboxylic acids is 1. The molecule has 0 spiro atoms. The molecule has 0 atom stereocenters. The van der Waals surface area contributed by atoms with Crippen LogP contribution in [0, 0.1) is 18.3 Å². The first-order valence-corrected chi connectivity index (χ1v) is 6.32. The highest BCUT2D eigenvalue weighted by Crippen LogP contribution is 2.21. The molecule has 19 heavy (non-hydrogen) atoms. The van der Waals surface area contributed by atoms with Crippen molar-refractivity contribution in [1.29, 1.82) is 5.26 Å². The summed E-state index contributed by atoms with van der Waals surface area (Å²) < 4.78 is 2.30. The molecule has 0 unspecified atom stereocenters. The third-order valence-corrected chi connectivity index (χ3v) is 3.08. The Labute approximate surface area is 119 Å². The van der Waals surface area contributed by atoms with Gasteiger partial charge in [-0.2, -0.15) is 10.4 Å². The third-order valence-electron chi connectivity index (χ3n) is 2.58. The van der Waals surface area contributed by atoms with Gasteiger partial charge in [0, 0.05) is 11.5 Å². The molecule has 6 heteroatoms. The molecule has 0 aliphatic heterocycles. The van der Waals surface area contributed by atoms with Crippen LogP contribution in [0.5, 0.6) is 0 Å². The van der Waals surface area contributed by atoms with Gasteiger partial charge >= 0.3 is 0 Å². The average Bonchev–Trinajstić information content (AvgIpc) is 2.69. The molecule has 2 aromatic rings. The molecule has 1 aromatic carbocycles. The molecule has 0 saturated carbocycles. The third kappa shape index (κ3) is 2.83. The summed E-state index contributed by atoms with van der Waals surface area (Å²) in [5.74, 6) is -0.294. The molecule has 0 radical (unpaired) electrons. The highest BCUT2D eigenvalue weighted by atomic mass is 79.9. The summed E-state index contributed by atoms with van der Waals surface area (Å²) >= 11 is 3.31. The second-order valence-corrected chi connectivity index (χ2v) is 4.97. The van der Waals surface area contributed by atoms with E-state index in [9.17, 15) is 4.79 Å². The van der Waals surface area contributed by atoms with Crippen molar-refractivity contribution in [1.82, 2.24) is 9.78 Å². The molecular formula is C13H11BrN4O. The van der Waals surface area contributed by atoms with Crippen LogP contribution in [0.2, 0.25) is 0 Å². The second kappa shape index (κ2) is 5.24. The lowest BCUT2D eigenvalue weighted by Crippen LogP contribution is -2.16. The summed E-state index contributed by atoms with van der Waals surface area (Å²) in [4.78, 5) is 12.1. The van der Waals surface area contributed by atoms with E-state index in [1.54, 1.807) is 31.3 Å². The van der Waals surface area contributed by atoms with Crippen molar-refractivity contribution in [3.05, 3.63) is 45.7 Å². The zero-order valence-electron chi connectivity index (χ0n) is 10.4. The monoisotopic (exact) mass is 318 g/mol. The first kappa shape index (κ1) is 13.3. The molecule has 96 valence electrons. The molecule has 0 saturated heterocycles. The van der Waals surface area contributed by atoms with E-state index in [4.69, 9.17) is 5.26 Å². The number of amides is 1. The lowest BCUT2D eigenvalue weighted by Gasteiger charge is -2.07. The Morgan fingerprint density at radius 2 is 2.21 bits per heavy atom. The van der Waals surface area contributed by atoms with E-state index in [1.807, 2.05) is 13.0 Å². The fraction of sp³-hybridized carbons (Fsp3) is 0.154. The SMILES string of the molecule is Cc1cc(C(=O)Nc2cc(Br)ccc2C#N)n(C)n1. The van der Waals surface area contributed by atoms with Gasteiger partial charge in [0.15, 0.2) is 0 Å². The highest BCUT2D eigenvalue weighted by Gasteiger charge is 2.14. The summed E-state index contributed by atoms with van der Waals surface area (Å²) in [5, 5.41) is 15.9. The van der Waals surface area contributed by atoms with Crippen LogP contribution >= 0.6 is 15.9 Å². The number of anilines is 1. The minimum Gasteiger partial charge on any atom is -0.319 e. The van der Waals surface area contributed by atoms with Crippen molar-refractivity contribution in [3.8, 4) is 6.07 Å². The number of rotatable bonds is 2. The number of nitrogens with one attached hydrogen (secondary N) is 1. The molecule has 2 rings (SSSR count). The van der Waals surface area contributed by atoms with E-state index in [2.05, 4.69) is 26.3 Å². The van der Waals surface area contributed by atoms with E-state index in [0.717, 1.165) is 10.2 Å². The lowest BCUT2D eigenvalue weighted by atomic mass is 10.2. The van der Waals surface area contributed by atoms with E-state index >= 15 is 0 Å². The number of aryl methyl sites for hydroxylation is 2. The van der Waals surface area contributed by atoms with Gasteiger partial charge in [-0.25, -0.2) is 0 Å². The van der Waals surface area contributed by atoms with Crippen LogP contribution in [0.15, 0.2) is 28.7 Å². The zero-order valence-corrected chi connectivity index (χ0v) is 12.0. The van der Waals surface area contributed by atoms with Gasteiger partial charge in [0.25, 0.3) is 5.91 Å². The van der Waals surface area contributed by atoms with Crippen molar-refractivity contribution < 1.29 is 4.79 Å². The summed E-state index contributed by atoms with van der Waals surface area (Å²) in [6.07, 6.45) is 0. The number of aromatic nitrogens is 2. The Bertz CT molecular complexity index is 684. The van der Waals surface area contributed by atoms with E-state index in [1.165, 1.54) is 4.68 Å². The molecule has 0 fully saturated rings. The van der Waals surface area contributed by atoms with Crippen molar-refractivity contribution in [2.24, 2.45) is 7.05 Å². The Hall–Kier alpha value is -2.13. The summed E-state index contributed by atoms with van der Waals surface area (Å²) in [6.45, 7) is 1.82. The normalized spacial score (nSPS) is 10.0. The predicted octanol–water partition coefficient (Wildman–Crippen LogP) is 2.62. The predicted molar refractivity (Wildman–Crippen MR) is 74.8 cm³/mol. The Morgan fingerprint density at radius 3 is 2.79 bits per heavy atom. The second-order valence-electron chi connectivity index (χ2n) is 4.05. The Kier molecular flexibility index (Phi) is 3.67. The van der Waals surface area contributed by atoms with Crippen LogP contribution in [-0.4, -0.2) is 15.7 Å². The maximum atomic E-state index is 12.1. The Morgan fingerprint density at radius 1 is 1.47 bits per heavy atom. The number of benzene rings is 1. The average molecular weight is 319 g/mol. The molecule has 0 bridgehead atoms. The van der Waals surface area contributed by atoms with Crippen LogP contribution in [-0.2, 0) is 7.05 Å². The van der Waals surface area contributed by atoms with Gasteiger partial charge in [0.05, 0.1) is 16.9 Å². The molecular weight excluding hydrogens is 308 g/mol. The maximum Gasteiger partial charge on any atom is 0.273 e. The number of nitrogens with zero attached hydrogens (tertiary/aromatic N) is 3. The summed E-state index contributed by atoms with van der Waals surface area (Å²) in [7, 11) is 1.70. The number of carbonyl (C=O) groups is 1.